The minimum atomic E-state index is -0.157. The summed E-state index contributed by atoms with van der Waals surface area (Å²) in [4.78, 5) is 1.01. The van der Waals surface area contributed by atoms with Crippen LogP contribution in [0.25, 0.3) is 0 Å². The zero-order valence-corrected chi connectivity index (χ0v) is 9.64. The molecule has 0 aliphatic heterocycles. The highest BCUT2D eigenvalue weighted by Gasteiger charge is 2.30. The Morgan fingerprint density at radius 3 is 2.80 bits per heavy atom. The fourth-order valence-corrected chi connectivity index (χ4v) is 3.40. The van der Waals surface area contributed by atoms with E-state index in [1.807, 2.05) is 6.07 Å². The summed E-state index contributed by atoms with van der Waals surface area (Å²) in [5.41, 5.74) is 5.96. The molecule has 15 heavy (non-hydrogen) atoms. The minimum Gasteiger partial charge on any atom is -0.327 e. The summed E-state index contributed by atoms with van der Waals surface area (Å²) < 4.78 is 13.0. The van der Waals surface area contributed by atoms with E-state index in [-0.39, 0.29) is 5.82 Å². The molecule has 1 aromatic rings. The molecule has 1 aromatic carbocycles. The van der Waals surface area contributed by atoms with E-state index >= 15 is 0 Å². The molecule has 0 saturated heterocycles. The van der Waals surface area contributed by atoms with Crippen LogP contribution >= 0.6 is 11.8 Å². The number of hydrogen-bond donors (Lipinski definition) is 1. The fraction of sp³-hybridized carbons (Fsp3) is 0.500. The molecule has 1 aliphatic rings. The van der Waals surface area contributed by atoms with Gasteiger partial charge in [-0.25, -0.2) is 4.39 Å². The Morgan fingerprint density at radius 2 is 2.20 bits per heavy atom. The molecule has 2 rings (SSSR count). The zero-order valence-electron chi connectivity index (χ0n) is 8.82. The Kier molecular flexibility index (Phi) is 3.32. The third-order valence-electron chi connectivity index (χ3n) is 3.13. The quantitative estimate of drug-likeness (QED) is 0.837. The van der Waals surface area contributed by atoms with Crippen LogP contribution in [0, 0.1) is 11.7 Å². The van der Waals surface area contributed by atoms with Crippen LogP contribution < -0.4 is 5.73 Å². The van der Waals surface area contributed by atoms with E-state index in [0.29, 0.717) is 17.2 Å². The number of thioether (sulfide) groups is 1. The first-order valence-corrected chi connectivity index (χ1v) is 6.22. The third kappa shape index (κ3) is 2.52. The predicted octanol–water partition coefficient (Wildman–Crippen LogP) is 3.04. The van der Waals surface area contributed by atoms with Gasteiger partial charge in [0.05, 0.1) is 0 Å². The largest absolute Gasteiger partial charge is 0.327 e. The van der Waals surface area contributed by atoms with Crippen molar-refractivity contribution >= 4 is 11.8 Å². The van der Waals surface area contributed by atoms with Gasteiger partial charge in [-0.2, -0.15) is 0 Å². The van der Waals surface area contributed by atoms with E-state index in [4.69, 9.17) is 5.73 Å². The molecule has 0 spiro atoms. The highest BCUT2D eigenvalue weighted by Crippen LogP contribution is 2.38. The first kappa shape index (κ1) is 11.0. The number of benzene rings is 1. The Balaban J connectivity index is 2.03. The molecule has 0 radical (unpaired) electrons. The zero-order chi connectivity index (χ0) is 10.8. The number of nitrogens with two attached hydrogens (primary N) is 1. The maximum absolute atomic E-state index is 13.0. The van der Waals surface area contributed by atoms with Crippen LogP contribution in [0.1, 0.15) is 19.8 Å². The van der Waals surface area contributed by atoms with Gasteiger partial charge in [0.1, 0.15) is 5.82 Å². The highest BCUT2D eigenvalue weighted by atomic mass is 32.2. The third-order valence-corrected chi connectivity index (χ3v) is 4.62. The van der Waals surface area contributed by atoms with Crippen molar-refractivity contribution in [3.63, 3.8) is 0 Å². The molecule has 0 aromatic heterocycles. The second-order valence-electron chi connectivity index (χ2n) is 4.21. The molecule has 82 valence electrons. The smallest absolute Gasteiger partial charge is 0.124 e. The molecule has 1 aliphatic carbocycles. The van der Waals surface area contributed by atoms with Gasteiger partial charge >= 0.3 is 0 Å². The Morgan fingerprint density at radius 1 is 1.40 bits per heavy atom. The summed E-state index contributed by atoms with van der Waals surface area (Å²) in [6, 6.07) is 7.12. The molecular formula is C12H16FNS. The Hall–Kier alpha value is -0.540. The summed E-state index contributed by atoms with van der Waals surface area (Å²) in [5.74, 6) is 0.369. The lowest BCUT2D eigenvalue weighted by Gasteiger charge is -2.17. The molecule has 1 saturated carbocycles. The number of halogens is 1. The molecular weight excluding hydrogens is 209 g/mol. The molecule has 1 fully saturated rings. The second kappa shape index (κ2) is 4.54. The second-order valence-corrected chi connectivity index (χ2v) is 5.53. The van der Waals surface area contributed by atoms with E-state index in [9.17, 15) is 4.39 Å². The molecule has 1 nitrogen and oxygen atoms in total. The van der Waals surface area contributed by atoms with Gasteiger partial charge in [-0.15, -0.1) is 11.8 Å². The van der Waals surface area contributed by atoms with Gasteiger partial charge in [-0.1, -0.05) is 13.0 Å². The van der Waals surface area contributed by atoms with E-state index in [1.165, 1.54) is 6.07 Å². The monoisotopic (exact) mass is 225 g/mol. The van der Waals surface area contributed by atoms with Gasteiger partial charge in [-0.3, -0.25) is 0 Å². The summed E-state index contributed by atoms with van der Waals surface area (Å²) in [6.45, 7) is 2.19. The number of rotatable bonds is 2. The molecule has 3 atom stereocenters. The first-order valence-electron chi connectivity index (χ1n) is 5.34. The van der Waals surface area contributed by atoms with Crippen molar-refractivity contribution in [2.45, 2.75) is 36.0 Å². The Labute approximate surface area is 94.2 Å². The SMILES string of the molecule is CC1C(N)CCC1Sc1cccc(F)c1. The summed E-state index contributed by atoms with van der Waals surface area (Å²) in [6.07, 6.45) is 2.23. The van der Waals surface area contributed by atoms with Crippen LogP contribution in [0.3, 0.4) is 0 Å². The van der Waals surface area contributed by atoms with Crippen LogP contribution in [-0.4, -0.2) is 11.3 Å². The molecule has 3 heteroatoms. The maximum Gasteiger partial charge on any atom is 0.124 e. The van der Waals surface area contributed by atoms with Gasteiger partial charge < -0.3 is 5.73 Å². The lowest BCUT2D eigenvalue weighted by molar-refractivity contribution is 0.535. The topological polar surface area (TPSA) is 26.0 Å². The average Bonchev–Trinajstić information content (AvgIpc) is 2.50. The molecule has 0 heterocycles. The van der Waals surface area contributed by atoms with Crippen molar-refractivity contribution < 1.29 is 4.39 Å². The maximum atomic E-state index is 13.0. The van der Waals surface area contributed by atoms with Crippen molar-refractivity contribution in [2.24, 2.45) is 11.7 Å². The van der Waals surface area contributed by atoms with Crippen molar-refractivity contribution in [3.8, 4) is 0 Å². The molecule has 0 amide bonds. The van der Waals surface area contributed by atoms with Crippen LogP contribution in [0.2, 0.25) is 0 Å². The van der Waals surface area contributed by atoms with E-state index in [1.54, 1.807) is 23.9 Å². The van der Waals surface area contributed by atoms with Crippen molar-refractivity contribution in [3.05, 3.63) is 30.1 Å². The highest BCUT2D eigenvalue weighted by molar-refractivity contribution is 8.00. The first-order chi connectivity index (χ1) is 7.16. The van der Waals surface area contributed by atoms with Gasteiger partial charge in [0.15, 0.2) is 0 Å². The van der Waals surface area contributed by atoms with Crippen molar-refractivity contribution in [1.82, 2.24) is 0 Å². The van der Waals surface area contributed by atoms with Crippen molar-refractivity contribution in [2.75, 3.05) is 0 Å². The summed E-state index contributed by atoms with van der Waals surface area (Å²) >= 11 is 1.76. The van der Waals surface area contributed by atoms with Gasteiger partial charge in [-0.05, 0) is 37.0 Å². The van der Waals surface area contributed by atoms with Gasteiger partial charge in [0.2, 0.25) is 0 Å². The Bertz CT molecular complexity index is 342. The van der Waals surface area contributed by atoms with Crippen LogP contribution in [0.4, 0.5) is 4.39 Å². The van der Waals surface area contributed by atoms with Gasteiger partial charge in [0, 0.05) is 16.2 Å². The lowest BCUT2D eigenvalue weighted by Crippen LogP contribution is -2.25. The minimum absolute atomic E-state index is 0.157. The van der Waals surface area contributed by atoms with E-state index in [2.05, 4.69) is 6.92 Å². The average molecular weight is 225 g/mol. The lowest BCUT2D eigenvalue weighted by atomic mass is 10.1. The van der Waals surface area contributed by atoms with Crippen molar-refractivity contribution in [1.29, 1.82) is 0 Å². The van der Waals surface area contributed by atoms with E-state index < -0.39 is 0 Å². The van der Waals surface area contributed by atoms with Crippen LogP contribution in [-0.2, 0) is 0 Å². The fourth-order valence-electron chi connectivity index (χ4n) is 2.04. The van der Waals surface area contributed by atoms with Crippen LogP contribution in [0.15, 0.2) is 29.2 Å². The standard InChI is InChI=1S/C12H16FNS/c1-8-11(14)5-6-12(8)15-10-4-2-3-9(13)7-10/h2-4,7-8,11-12H,5-6,14H2,1H3. The molecule has 2 N–H and O–H groups in total. The normalized spacial score (nSPS) is 30.7. The molecule has 0 bridgehead atoms. The summed E-state index contributed by atoms with van der Waals surface area (Å²) in [5, 5.41) is 0.543. The number of hydrogen-bond acceptors (Lipinski definition) is 2. The summed E-state index contributed by atoms with van der Waals surface area (Å²) in [7, 11) is 0. The van der Waals surface area contributed by atoms with E-state index in [0.717, 1.165) is 17.7 Å². The van der Waals surface area contributed by atoms with Gasteiger partial charge in [0.25, 0.3) is 0 Å². The van der Waals surface area contributed by atoms with Crippen LogP contribution in [0.5, 0.6) is 0 Å². The molecule has 3 unspecified atom stereocenters. The predicted molar refractivity (Wildman–Crippen MR) is 62.4 cm³/mol.